The Labute approximate surface area is 264 Å². The Balaban J connectivity index is 1.15. The Morgan fingerprint density at radius 1 is 0.556 bits per heavy atom. The summed E-state index contributed by atoms with van der Waals surface area (Å²) in [6.45, 7) is 1.14. The molecular weight excluding hydrogens is 613 g/mol. The van der Waals surface area contributed by atoms with E-state index in [4.69, 9.17) is 20.0 Å². The molecule has 232 valence electrons. The Morgan fingerprint density at radius 3 is 1.40 bits per heavy atom. The molecule has 0 aliphatic rings. The van der Waals surface area contributed by atoms with Gasteiger partial charge in [0.2, 0.25) is 20.0 Å². The van der Waals surface area contributed by atoms with Crippen LogP contribution in [0.1, 0.15) is 41.5 Å². The van der Waals surface area contributed by atoms with Crippen molar-refractivity contribution in [3.63, 3.8) is 0 Å². The highest BCUT2D eigenvalue weighted by molar-refractivity contribution is 7.89. The summed E-state index contributed by atoms with van der Waals surface area (Å²) >= 11 is 0. The third-order valence-electron chi connectivity index (χ3n) is 6.60. The molecule has 0 amide bonds. The molecule has 4 aromatic carbocycles. The molecule has 10 nitrogen and oxygen atoms in total. The highest BCUT2D eigenvalue weighted by Gasteiger charge is 2.15. The molecule has 0 radical (unpaired) electrons. The second kappa shape index (κ2) is 15.8. The predicted molar refractivity (Wildman–Crippen MR) is 168 cm³/mol. The first kappa shape index (κ1) is 33.2. The minimum absolute atomic E-state index is 0.0357. The lowest BCUT2D eigenvalue weighted by atomic mass is 10.2. The number of ether oxygens (including phenoxy) is 2. The summed E-state index contributed by atoms with van der Waals surface area (Å²) in [6.07, 6.45) is 2.46. The number of nitrogens with one attached hydrogen (secondary N) is 2. The van der Waals surface area contributed by atoms with Gasteiger partial charge in [-0.15, -0.1) is 0 Å². The van der Waals surface area contributed by atoms with E-state index >= 15 is 0 Å². The second-order valence-electron chi connectivity index (χ2n) is 9.98. The first-order valence-corrected chi connectivity index (χ1v) is 17.1. The number of hydrogen-bond donors (Lipinski definition) is 2. The van der Waals surface area contributed by atoms with E-state index in [9.17, 15) is 16.8 Å². The van der Waals surface area contributed by atoms with Crippen LogP contribution >= 0.6 is 0 Å². The number of sulfonamides is 2. The average Bonchev–Trinajstić information content (AvgIpc) is 3.06. The normalized spacial score (nSPS) is 11.3. The zero-order chi connectivity index (χ0) is 32.1. The van der Waals surface area contributed by atoms with Crippen molar-refractivity contribution in [3.05, 3.63) is 119 Å². The van der Waals surface area contributed by atoms with Crippen molar-refractivity contribution >= 4 is 20.0 Å². The molecule has 12 heteroatoms. The second-order valence-corrected chi connectivity index (χ2v) is 13.5. The van der Waals surface area contributed by atoms with E-state index in [0.29, 0.717) is 24.7 Å². The van der Waals surface area contributed by atoms with Crippen LogP contribution in [0.5, 0.6) is 11.5 Å². The molecule has 0 aliphatic carbocycles. The summed E-state index contributed by atoms with van der Waals surface area (Å²) in [4.78, 5) is 0.0714. The average molecular weight is 645 g/mol. The van der Waals surface area contributed by atoms with Crippen molar-refractivity contribution in [2.45, 2.75) is 42.1 Å². The number of rotatable bonds is 16. The summed E-state index contributed by atoms with van der Waals surface area (Å²) in [7, 11) is -7.54. The van der Waals surface area contributed by atoms with Crippen LogP contribution in [0.3, 0.4) is 0 Å². The first-order valence-electron chi connectivity index (χ1n) is 14.1. The molecule has 0 aliphatic heterocycles. The molecule has 0 saturated heterocycles. The number of nitriles is 2. The van der Waals surface area contributed by atoms with Crippen molar-refractivity contribution in [2.24, 2.45) is 0 Å². The number of nitrogens with zero attached hydrogens (tertiary/aromatic N) is 2. The zero-order valence-electron chi connectivity index (χ0n) is 24.3. The van der Waals surface area contributed by atoms with Crippen LogP contribution in [0, 0.1) is 22.7 Å². The van der Waals surface area contributed by atoms with Crippen LogP contribution < -0.4 is 18.9 Å². The van der Waals surface area contributed by atoms with E-state index in [1.54, 1.807) is 48.5 Å². The van der Waals surface area contributed by atoms with E-state index in [1.807, 2.05) is 24.3 Å². The molecule has 4 aromatic rings. The molecule has 0 saturated carbocycles. The van der Waals surface area contributed by atoms with Crippen LogP contribution in [-0.2, 0) is 33.1 Å². The maximum absolute atomic E-state index is 12.6. The predicted octanol–water partition coefficient (Wildman–Crippen LogP) is 5.02. The lowest BCUT2D eigenvalue weighted by Gasteiger charge is -2.11. The molecule has 0 bridgehead atoms. The van der Waals surface area contributed by atoms with Crippen molar-refractivity contribution in [2.75, 3.05) is 13.2 Å². The minimum Gasteiger partial charge on any atom is -0.494 e. The van der Waals surface area contributed by atoms with Crippen LogP contribution in [0.4, 0.5) is 0 Å². The number of benzene rings is 4. The van der Waals surface area contributed by atoms with Crippen LogP contribution in [0.15, 0.2) is 107 Å². The molecule has 0 fully saturated rings. The van der Waals surface area contributed by atoms with Gasteiger partial charge >= 0.3 is 0 Å². The number of hydrogen-bond acceptors (Lipinski definition) is 8. The SMILES string of the molecule is N#Cc1cccc(S(=O)(=O)NCc2cccc(OCCCCCOc3cccc(CNS(=O)(=O)c4cccc(C#N)c4)c3)c2)c1. The summed E-state index contributed by atoms with van der Waals surface area (Å²) in [5.74, 6) is 1.28. The van der Waals surface area contributed by atoms with Crippen LogP contribution in [0.2, 0.25) is 0 Å². The monoisotopic (exact) mass is 644 g/mol. The summed E-state index contributed by atoms with van der Waals surface area (Å²) < 4.78 is 67.2. The quantitative estimate of drug-likeness (QED) is 0.161. The standard InChI is InChI=1S/C33H32N4O6S2/c34-22-26-8-6-14-32(20-26)44(38,39)36-24-28-10-4-12-30(18-28)42-16-2-1-3-17-43-31-13-5-11-29(19-31)25-37-45(40,41)33-15-7-9-27(21-33)23-35/h4-15,18-21,36-37H,1-3,16-17,24-25H2. The molecule has 0 unspecified atom stereocenters. The summed E-state index contributed by atoms with van der Waals surface area (Å²) in [5.41, 5.74) is 2.02. The fourth-order valence-corrected chi connectivity index (χ4v) is 6.37. The van der Waals surface area contributed by atoms with Gasteiger partial charge in [-0.3, -0.25) is 0 Å². The topological polar surface area (TPSA) is 158 Å². The van der Waals surface area contributed by atoms with Gasteiger partial charge in [0.05, 0.1) is 46.3 Å². The van der Waals surface area contributed by atoms with E-state index < -0.39 is 20.0 Å². The van der Waals surface area contributed by atoms with Gasteiger partial charge in [-0.25, -0.2) is 26.3 Å². The first-order chi connectivity index (χ1) is 21.7. The largest absolute Gasteiger partial charge is 0.494 e. The van der Waals surface area contributed by atoms with E-state index in [2.05, 4.69) is 9.44 Å². The maximum Gasteiger partial charge on any atom is 0.240 e. The van der Waals surface area contributed by atoms with Gasteiger partial charge in [-0.1, -0.05) is 36.4 Å². The molecule has 4 rings (SSSR count). The fraction of sp³-hybridized carbons (Fsp3) is 0.212. The summed E-state index contributed by atoms with van der Waals surface area (Å²) in [5, 5.41) is 18.0. The van der Waals surface area contributed by atoms with Gasteiger partial charge in [-0.2, -0.15) is 10.5 Å². The van der Waals surface area contributed by atoms with Gasteiger partial charge in [0.25, 0.3) is 0 Å². The fourth-order valence-electron chi connectivity index (χ4n) is 4.24. The third kappa shape index (κ3) is 10.2. The molecule has 0 aromatic heterocycles. The summed E-state index contributed by atoms with van der Waals surface area (Å²) in [6, 6.07) is 30.0. The molecular formula is C33H32N4O6S2. The van der Waals surface area contributed by atoms with Gasteiger partial charge in [0, 0.05) is 13.1 Å². The van der Waals surface area contributed by atoms with Crippen molar-refractivity contribution in [3.8, 4) is 23.6 Å². The zero-order valence-corrected chi connectivity index (χ0v) is 26.0. The van der Waals surface area contributed by atoms with Crippen LogP contribution in [0.25, 0.3) is 0 Å². The molecule has 0 heterocycles. The molecule has 0 spiro atoms. The lowest BCUT2D eigenvalue weighted by Crippen LogP contribution is -2.23. The Hall–Kier alpha value is -4.72. The minimum atomic E-state index is -3.77. The van der Waals surface area contributed by atoms with Crippen molar-refractivity contribution in [1.82, 2.24) is 9.44 Å². The van der Waals surface area contributed by atoms with Crippen molar-refractivity contribution in [1.29, 1.82) is 10.5 Å². The highest BCUT2D eigenvalue weighted by atomic mass is 32.2. The highest BCUT2D eigenvalue weighted by Crippen LogP contribution is 2.18. The van der Waals surface area contributed by atoms with E-state index in [0.717, 1.165) is 30.4 Å². The maximum atomic E-state index is 12.6. The van der Waals surface area contributed by atoms with Gasteiger partial charge in [-0.05, 0) is 91.1 Å². The lowest BCUT2D eigenvalue weighted by molar-refractivity contribution is 0.279. The van der Waals surface area contributed by atoms with Gasteiger partial charge in [0.15, 0.2) is 0 Å². The van der Waals surface area contributed by atoms with E-state index in [1.165, 1.54) is 36.4 Å². The third-order valence-corrected chi connectivity index (χ3v) is 9.40. The molecule has 0 atom stereocenters. The number of unbranched alkanes of at least 4 members (excludes halogenated alkanes) is 2. The molecule has 2 N–H and O–H groups in total. The Morgan fingerprint density at radius 2 is 0.978 bits per heavy atom. The van der Waals surface area contributed by atoms with Crippen molar-refractivity contribution < 1.29 is 26.3 Å². The Kier molecular flexibility index (Phi) is 11.7. The van der Waals surface area contributed by atoms with Crippen LogP contribution in [-0.4, -0.2) is 30.0 Å². The Bertz CT molecular complexity index is 1780. The van der Waals surface area contributed by atoms with Gasteiger partial charge in [0.1, 0.15) is 11.5 Å². The van der Waals surface area contributed by atoms with E-state index in [-0.39, 0.29) is 34.0 Å². The molecule has 45 heavy (non-hydrogen) atoms. The smallest absolute Gasteiger partial charge is 0.240 e. The van der Waals surface area contributed by atoms with Gasteiger partial charge < -0.3 is 9.47 Å².